The van der Waals surface area contributed by atoms with Crippen molar-refractivity contribution in [1.29, 1.82) is 0 Å². The van der Waals surface area contributed by atoms with Crippen molar-refractivity contribution in [1.82, 2.24) is 10.2 Å². The van der Waals surface area contributed by atoms with Gasteiger partial charge in [-0.15, -0.1) is 0 Å². The van der Waals surface area contributed by atoms with Crippen molar-refractivity contribution in [3.8, 4) is 0 Å². The molecule has 1 heterocycles. The van der Waals surface area contributed by atoms with Crippen molar-refractivity contribution in [2.45, 2.75) is 44.9 Å². The molecule has 0 spiro atoms. The fourth-order valence-corrected chi connectivity index (χ4v) is 2.34. The van der Waals surface area contributed by atoms with Crippen molar-refractivity contribution in [3.05, 3.63) is 0 Å². The van der Waals surface area contributed by atoms with E-state index in [-0.39, 0.29) is 0 Å². The molecular weight excluding hydrogens is 212 g/mol. The Balaban J connectivity index is 1.75. The zero-order chi connectivity index (χ0) is 12.2. The largest absolute Gasteiger partial charge is 0.380 e. The maximum Gasteiger partial charge on any atom is 0.0593 e. The van der Waals surface area contributed by atoms with Crippen LogP contribution in [0.15, 0.2) is 0 Å². The van der Waals surface area contributed by atoms with E-state index in [4.69, 9.17) is 4.74 Å². The van der Waals surface area contributed by atoms with Crippen LogP contribution in [0.3, 0.4) is 0 Å². The van der Waals surface area contributed by atoms with Gasteiger partial charge in [0.2, 0.25) is 0 Å². The highest BCUT2D eigenvalue weighted by Crippen LogP contribution is 2.07. The van der Waals surface area contributed by atoms with Gasteiger partial charge in [0.1, 0.15) is 0 Å². The fourth-order valence-electron chi connectivity index (χ4n) is 2.34. The molecule has 1 N–H and O–H groups in total. The Bertz CT molecular complexity index is 158. The molecule has 0 unspecified atom stereocenters. The van der Waals surface area contributed by atoms with E-state index in [9.17, 15) is 0 Å². The van der Waals surface area contributed by atoms with Gasteiger partial charge in [-0.05, 0) is 52.4 Å². The van der Waals surface area contributed by atoms with Gasteiger partial charge in [-0.25, -0.2) is 0 Å². The van der Waals surface area contributed by atoms with Gasteiger partial charge in [0.15, 0.2) is 0 Å². The highest BCUT2D eigenvalue weighted by Gasteiger charge is 2.08. The van der Waals surface area contributed by atoms with Crippen LogP contribution < -0.4 is 5.32 Å². The van der Waals surface area contributed by atoms with Crippen LogP contribution in [0.4, 0.5) is 0 Å². The third-order valence-electron chi connectivity index (χ3n) is 3.47. The minimum atomic E-state index is 0.927. The minimum Gasteiger partial charge on any atom is -0.380 e. The molecule has 0 radical (unpaired) electrons. The third-order valence-corrected chi connectivity index (χ3v) is 3.47. The summed E-state index contributed by atoms with van der Waals surface area (Å²) in [6.45, 7) is 6.74. The van der Waals surface area contributed by atoms with E-state index in [2.05, 4.69) is 10.2 Å². The number of ether oxygens (including phenoxy) is 1. The number of nitrogens with one attached hydrogen (secondary N) is 1. The molecule has 0 bridgehead atoms. The number of rotatable bonds is 10. The van der Waals surface area contributed by atoms with Crippen LogP contribution in [-0.2, 0) is 4.74 Å². The van der Waals surface area contributed by atoms with Gasteiger partial charge in [-0.3, -0.25) is 0 Å². The fraction of sp³-hybridized carbons (Fsp3) is 1.00. The quantitative estimate of drug-likeness (QED) is 0.595. The predicted octanol–water partition coefficient (Wildman–Crippen LogP) is 2.27. The maximum atomic E-state index is 5.69. The van der Waals surface area contributed by atoms with Gasteiger partial charge in [0, 0.05) is 13.2 Å². The molecule has 0 aromatic heterocycles. The van der Waals surface area contributed by atoms with Crippen molar-refractivity contribution in [3.63, 3.8) is 0 Å². The van der Waals surface area contributed by atoms with Gasteiger partial charge in [-0.2, -0.15) is 0 Å². The Morgan fingerprint density at radius 3 is 2.47 bits per heavy atom. The summed E-state index contributed by atoms with van der Waals surface area (Å²) in [6, 6.07) is 0. The molecule has 1 saturated heterocycles. The van der Waals surface area contributed by atoms with Gasteiger partial charge in [0.05, 0.1) is 6.61 Å². The van der Waals surface area contributed by atoms with Crippen molar-refractivity contribution in [2.24, 2.45) is 0 Å². The Morgan fingerprint density at radius 1 is 0.941 bits per heavy atom. The van der Waals surface area contributed by atoms with Crippen LogP contribution in [-0.4, -0.2) is 51.3 Å². The summed E-state index contributed by atoms with van der Waals surface area (Å²) in [5, 5.41) is 3.18. The summed E-state index contributed by atoms with van der Waals surface area (Å²) in [5.41, 5.74) is 0. The molecule has 0 atom stereocenters. The first-order valence-electron chi connectivity index (χ1n) is 7.38. The van der Waals surface area contributed by atoms with E-state index in [0.717, 1.165) is 26.3 Å². The molecule has 1 fully saturated rings. The topological polar surface area (TPSA) is 24.5 Å². The van der Waals surface area contributed by atoms with Gasteiger partial charge < -0.3 is 15.0 Å². The van der Waals surface area contributed by atoms with Gasteiger partial charge in [-0.1, -0.05) is 19.3 Å². The molecule has 3 nitrogen and oxygen atoms in total. The standard InChI is InChI=1S/C14H30N2O/c1-15-9-5-2-3-8-13-17-14-12-16-10-6-4-7-11-16/h15H,2-14H2,1H3. The first kappa shape index (κ1) is 14.9. The van der Waals surface area contributed by atoms with E-state index in [1.54, 1.807) is 0 Å². The highest BCUT2D eigenvalue weighted by molar-refractivity contribution is 4.63. The van der Waals surface area contributed by atoms with Gasteiger partial charge >= 0.3 is 0 Å². The first-order valence-corrected chi connectivity index (χ1v) is 7.38. The molecule has 0 amide bonds. The zero-order valence-corrected chi connectivity index (χ0v) is 11.5. The number of hydrogen-bond acceptors (Lipinski definition) is 3. The lowest BCUT2D eigenvalue weighted by Crippen LogP contribution is -2.32. The molecule has 0 aromatic rings. The smallest absolute Gasteiger partial charge is 0.0593 e. The SMILES string of the molecule is CNCCCCCCOCCN1CCCCC1. The summed E-state index contributed by atoms with van der Waals surface area (Å²) in [5.74, 6) is 0. The highest BCUT2D eigenvalue weighted by atomic mass is 16.5. The van der Waals surface area contributed by atoms with E-state index < -0.39 is 0 Å². The summed E-state index contributed by atoms with van der Waals surface area (Å²) in [4.78, 5) is 2.54. The van der Waals surface area contributed by atoms with Crippen LogP contribution in [0, 0.1) is 0 Å². The summed E-state index contributed by atoms with van der Waals surface area (Å²) in [6.07, 6.45) is 9.34. The zero-order valence-electron chi connectivity index (χ0n) is 11.5. The minimum absolute atomic E-state index is 0.927. The van der Waals surface area contributed by atoms with Crippen molar-refractivity contribution >= 4 is 0 Å². The Morgan fingerprint density at radius 2 is 1.71 bits per heavy atom. The van der Waals surface area contributed by atoms with Crippen molar-refractivity contribution in [2.75, 3.05) is 46.4 Å². The monoisotopic (exact) mass is 242 g/mol. The summed E-state index contributed by atoms with van der Waals surface area (Å²) in [7, 11) is 2.02. The number of hydrogen-bond donors (Lipinski definition) is 1. The van der Waals surface area contributed by atoms with Crippen LogP contribution in [0.1, 0.15) is 44.9 Å². The van der Waals surface area contributed by atoms with Crippen LogP contribution in [0.2, 0.25) is 0 Å². The second-order valence-corrected chi connectivity index (χ2v) is 5.03. The first-order chi connectivity index (χ1) is 8.43. The lowest BCUT2D eigenvalue weighted by atomic mass is 10.1. The number of nitrogens with zero attached hydrogens (tertiary/aromatic N) is 1. The third kappa shape index (κ3) is 8.58. The normalized spacial score (nSPS) is 17.5. The predicted molar refractivity (Wildman–Crippen MR) is 73.5 cm³/mol. The number of likely N-dealkylation sites (tertiary alicyclic amines) is 1. The number of unbranched alkanes of at least 4 members (excludes halogenated alkanes) is 3. The molecule has 0 aliphatic carbocycles. The van der Waals surface area contributed by atoms with Crippen LogP contribution in [0.5, 0.6) is 0 Å². The number of piperidine rings is 1. The summed E-state index contributed by atoms with van der Waals surface area (Å²) < 4.78 is 5.69. The van der Waals surface area contributed by atoms with E-state index in [0.29, 0.717) is 0 Å². The lowest BCUT2D eigenvalue weighted by molar-refractivity contribution is 0.0938. The van der Waals surface area contributed by atoms with Crippen LogP contribution in [0.25, 0.3) is 0 Å². The second kappa shape index (κ2) is 11.0. The van der Waals surface area contributed by atoms with E-state index in [1.165, 1.54) is 58.0 Å². The molecule has 3 heteroatoms. The molecule has 1 aliphatic heterocycles. The van der Waals surface area contributed by atoms with E-state index in [1.807, 2.05) is 7.05 Å². The summed E-state index contributed by atoms with van der Waals surface area (Å²) >= 11 is 0. The molecule has 1 aliphatic rings. The van der Waals surface area contributed by atoms with Crippen LogP contribution >= 0.6 is 0 Å². The molecule has 0 saturated carbocycles. The van der Waals surface area contributed by atoms with Gasteiger partial charge in [0.25, 0.3) is 0 Å². The molecule has 0 aromatic carbocycles. The average molecular weight is 242 g/mol. The van der Waals surface area contributed by atoms with E-state index >= 15 is 0 Å². The average Bonchev–Trinajstić information content (AvgIpc) is 2.38. The Labute approximate surface area is 107 Å². The lowest BCUT2D eigenvalue weighted by Gasteiger charge is -2.26. The molecule has 1 rings (SSSR count). The van der Waals surface area contributed by atoms with Crippen molar-refractivity contribution < 1.29 is 4.74 Å². The Hall–Kier alpha value is -0.120. The Kier molecular flexibility index (Phi) is 9.66. The molecule has 102 valence electrons. The maximum absolute atomic E-state index is 5.69. The molecular formula is C14H30N2O. The molecule has 17 heavy (non-hydrogen) atoms. The second-order valence-electron chi connectivity index (χ2n) is 5.03.